The van der Waals surface area contributed by atoms with Gasteiger partial charge in [-0.3, -0.25) is 4.79 Å². The first-order chi connectivity index (χ1) is 11.6. The molecule has 0 saturated carbocycles. The van der Waals surface area contributed by atoms with Crippen LogP contribution < -0.4 is 0 Å². The van der Waals surface area contributed by atoms with Crippen molar-refractivity contribution in [1.82, 2.24) is 0 Å². The minimum absolute atomic E-state index is 0.0894. The highest BCUT2D eigenvalue weighted by molar-refractivity contribution is 5.91. The van der Waals surface area contributed by atoms with Gasteiger partial charge in [0.05, 0.1) is 6.42 Å². The molecule has 9 nitrogen and oxygen atoms in total. The average molecular weight is 358 g/mol. The standard InChI is InChI=1S/C11H16O5.C5H6O4/c1-2-8(10(13)14)5-6-9(11(15)16)4-3-7-12;1-3(5(8)9)2-4(6)7/h5-6,12H,2-4,7H2,1H3,(H,13,14)(H,15,16);1-2H2,(H,6,7)(H,8,9). The molecule has 0 bridgehead atoms. The van der Waals surface area contributed by atoms with Gasteiger partial charge in [-0.15, -0.1) is 0 Å². The van der Waals surface area contributed by atoms with E-state index < -0.39 is 30.3 Å². The molecule has 0 rings (SSSR count). The van der Waals surface area contributed by atoms with Crippen molar-refractivity contribution in [3.63, 3.8) is 0 Å². The van der Waals surface area contributed by atoms with Gasteiger partial charge in [0.1, 0.15) is 0 Å². The van der Waals surface area contributed by atoms with Crippen molar-refractivity contribution in [2.75, 3.05) is 6.61 Å². The maximum absolute atomic E-state index is 10.7. The normalized spacial score (nSPS) is 11.1. The number of carboxylic acids is 4. The Morgan fingerprint density at radius 1 is 0.880 bits per heavy atom. The highest BCUT2D eigenvalue weighted by atomic mass is 16.4. The molecule has 25 heavy (non-hydrogen) atoms. The first-order valence-corrected chi connectivity index (χ1v) is 7.16. The lowest BCUT2D eigenvalue weighted by Crippen LogP contribution is -2.04. The van der Waals surface area contributed by atoms with Gasteiger partial charge in [-0.25, -0.2) is 14.4 Å². The number of aliphatic carboxylic acids is 4. The Bertz CT molecular complexity index is 570. The van der Waals surface area contributed by atoms with Gasteiger partial charge in [-0.2, -0.15) is 0 Å². The van der Waals surface area contributed by atoms with Gasteiger partial charge in [0.2, 0.25) is 0 Å². The molecule has 140 valence electrons. The monoisotopic (exact) mass is 358 g/mol. The molecule has 0 spiro atoms. The van der Waals surface area contributed by atoms with Crippen LogP contribution in [0.1, 0.15) is 32.6 Å². The fraction of sp³-hybridized carbons (Fsp3) is 0.375. The Hall–Kier alpha value is -2.94. The van der Waals surface area contributed by atoms with Crippen molar-refractivity contribution in [1.29, 1.82) is 0 Å². The molecule has 0 aromatic heterocycles. The van der Waals surface area contributed by atoms with Gasteiger partial charge in [-0.1, -0.05) is 25.7 Å². The third kappa shape index (κ3) is 13.2. The van der Waals surface area contributed by atoms with Crippen LogP contribution in [0.5, 0.6) is 0 Å². The molecule has 0 aromatic carbocycles. The Labute approximate surface area is 144 Å². The van der Waals surface area contributed by atoms with Crippen LogP contribution in [0.15, 0.2) is 35.5 Å². The van der Waals surface area contributed by atoms with Crippen LogP contribution >= 0.6 is 0 Å². The van der Waals surface area contributed by atoms with E-state index in [4.69, 9.17) is 25.5 Å². The Morgan fingerprint density at radius 2 is 1.36 bits per heavy atom. The Balaban J connectivity index is 0. The second kappa shape index (κ2) is 13.5. The molecule has 0 heterocycles. The molecule has 0 fully saturated rings. The van der Waals surface area contributed by atoms with Gasteiger partial charge in [-0.05, 0) is 19.3 Å². The van der Waals surface area contributed by atoms with Crippen LogP contribution in [0.4, 0.5) is 0 Å². The molecule has 0 radical (unpaired) electrons. The number of hydrogen-bond acceptors (Lipinski definition) is 5. The van der Waals surface area contributed by atoms with Crippen molar-refractivity contribution in [3.8, 4) is 0 Å². The van der Waals surface area contributed by atoms with Crippen molar-refractivity contribution >= 4 is 23.9 Å². The molecule has 9 heteroatoms. The predicted molar refractivity (Wildman–Crippen MR) is 87.1 cm³/mol. The second-order valence-corrected chi connectivity index (χ2v) is 4.65. The van der Waals surface area contributed by atoms with E-state index >= 15 is 0 Å². The molecule has 0 saturated heterocycles. The summed E-state index contributed by atoms with van der Waals surface area (Å²) in [7, 11) is 0. The minimum atomic E-state index is -1.27. The van der Waals surface area contributed by atoms with Crippen LogP contribution in [0.2, 0.25) is 0 Å². The fourth-order valence-electron chi connectivity index (χ4n) is 1.33. The van der Waals surface area contributed by atoms with Gasteiger partial charge in [0, 0.05) is 23.3 Å². The summed E-state index contributed by atoms with van der Waals surface area (Å²) in [5.74, 6) is -4.59. The lowest BCUT2D eigenvalue weighted by Gasteiger charge is -2.00. The molecule has 0 aliphatic rings. The summed E-state index contributed by atoms with van der Waals surface area (Å²) in [6.07, 6.45) is 2.97. The van der Waals surface area contributed by atoms with Crippen molar-refractivity contribution in [2.24, 2.45) is 0 Å². The number of aliphatic hydroxyl groups excluding tert-OH is 1. The van der Waals surface area contributed by atoms with E-state index in [0.717, 1.165) is 0 Å². The molecule has 0 unspecified atom stereocenters. The van der Waals surface area contributed by atoms with Gasteiger partial charge >= 0.3 is 23.9 Å². The molecule has 0 aromatic rings. The van der Waals surface area contributed by atoms with Gasteiger partial charge < -0.3 is 25.5 Å². The highest BCUT2D eigenvalue weighted by Crippen LogP contribution is 2.08. The quantitative estimate of drug-likeness (QED) is 0.285. The first-order valence-electron chi connectivity index (χ1n) is 7.16. The SMILES string of the molecule is C=C(CC(=O)O)C(=O)O.CCC(=CC=C(CCCO)C(=O)O)C(=O)O. The zero-order valence-corrected chi connectivity index (χ0v) is 13.8. The third-order valence-corrected chi connectivity index (χ3v) is 2.69. The summed E-state index contributed by atoms with van der Waals surface area (Å²) >= 11 is 0. The lowest BCUT2D eigenvalue weighted by atomic mass is 10.1. The molecule has 0 aliphatic heterocycles. The predicted octanol–water partition coefficient (Wildman–Crippen LogP) is 1.29. The van der Waals surface area contributed by atoms with E-state index in [1.807, 2.05) is 0 Å². The maximum Gasteiger partial charge on any atom is 0.331 e. The number of carbonyl (C=O) groups is 4. The number of allylic oxidation sites excluding steroid dienone is 2. The van der Waals surface area contributed by atoms with E-state index in [2.05, 4.69) is 6.58 Å². The van der Waals surface area contributed by atoms with Crippen LogP contribution in [-0.2, 0) is 19.2 Å². The zero-order chi connectivity index (χ0) is 20.0. The first kappa shape index (κ1) is 24.3. The third-order valence-electron chi connectivity index (χ3n) is 2.69. The van der Waals surface area contributed by atoms with Crippen molar-refractivity contribution < 1.29 is 44.7 Å². The maximum atomic E-state index is 10.7. The van der Waals surface area contributed by atoms with Crippen LogP contribution in [0, 0.1) is 0 Å². The van der Waals surface area contributed by atoms with Gasteiger partial charge in [0.25, 0.3) is 0 Å². The van der Waals surface area contributed by atoms with E-state index in [0.29, 0.717) is 12.8 Å². The Kier molecular flexibility index (Phi) is 13.1. The van der Waals surface area contributed by atoms with Crippen molar-refractivity contribution in [3.05, 3.63) is 35.5 Å². The molecular formula is C16H22O9. The molecule has 5 N–H and O–H groups in total. The average Bonchev–Trinajstić information content (AvgIpc) is 2.50. The molecule has 0 aliphatic carbocycles. The summed E-state index contributed by atoms with van der Waals surface area (Å²) in [4.78, 5) is 41.1. The summed E-state index contributed by atoms with van der Waals surface area (Å²) in [5, 5.41) is 42.2. The summed E-state index contributed by atoms with van der Waals surface area (Å²) < 4.78 is 0. The highest BCUT2D eigenvalue weighted by Gasteiger charge is 2.08. The summed E-state index contributed by atoms with van der Waals surface area (Å²) in [5.41, 5.74) is -0.0495. The van der Waals surface area contributed by atoms with E-state index in [-0.39, 0.29) is 29.7 Å². The second-order valence-electron chi connectivity index (χ2n) is 4.65. The van der Waals surface area contributed by atoms with Crippen LogP contribution in [-0.4, -0.2) is 56.0 Å². The van der Waals surface area contributed by atoms with Crippen molar-refractivity contribution in [2.45, 2.75) is 32.6 Å². The molecule has 0 amide bonds. The topological polar surface area (TPSA) is 169 Å². The van der Waals surface area contributed by atoms with E-state index in [1.54, 1.807) is 6.92 Å². The van der Waals surface area contributed by atoms with Crippen LogP contribution in [0.25, 0.3) is 0 Å². The number of aliphatic hydroxyl groups is 1. The summed E-state index contributed by atoms with van der Waals surface area (Å²) in [6, 6.07) is 0. The largest absolute Gasteiger partial charge is 0.481 e. The Morgan fingerprint density at radius 3 is 1.64 bits per heavy atom. The number of hydrogen-bond donors (Lipinski definition) is 5. The van der Waals surface area contributed by atoms with Gasteiger partial charge in [0.15, 0.2) is 0 Å². The van der Waals surface area contributed by atoms with E-state index in [9.17, 15) is 19.2 Å². The van der Waals surface area contributed by atoms with E-state index in [1.165, 1.54) is 12.2 Å². The lowest BCUT2D eigenvalue weighted by molar-refractivity contribution is -0.139. The summed E-state index contributed by atoms with van der Waals surface area (Å²) in [6.45, 7) is 4.61. The number of carboxylic acid groups (broad SMARTS) is 4. The molecule has 0 atom stereocenters. The fourth-order valence-corrected chi connectivity index (χ4v) is 1.33. The molecular weight excluding hydrogens is 336 g/mol. The zero-order valence-electron chi connectivity index (χ0n) is 13.8. The van der Waals surface area contributed by atoms with Crippen LogP contribution in [0.3, 0.4) is 0 Å². The smallest absolute Gasteiger partial charge is 0.331 e. The minimum Gasteiger partial charge on any atom is -0.481 e. The number of rotatable bonds is 10.